The highest BCUT2D eigenvalue weighted by molar-refractivity contribution is 5.85. The zero-order valence-corrected chi connectivity index (χ0v) is 15.1. The maximum atomic E-state index is 11.8. The second-order valence-electron chi connectivity index (χ2n) is 5.95. The van der Waals surface area contributed by atoms with Gasteiger partial charge in [0, 0.05) is 45.0 Å². The lowest BCUT2D eigenvalue weighted by Crippen LogP contribution is -2.45. The van der Waals surface area contributed by atoms with Crippen LogP contribution < -0.4 is 20.9 Å². The van der Waals surface area contributed by atoms with Crippen molar-refractivity contribution in [2.24, 2.45) is 4.99 Å². The van der Waals surface area contributed by atoms with Gasteiger partial charge in [-0.2, -0.15) is 0 Å². The smallest absolute Gasteiger partial charge is 0.241 e. The van der Waals surface area contributed by atoms with Crippen LogP contribution in [-0.2, 0) is 9.53 Å². The first kappa shape index (κ1) is 19.1. The highest BCUT2D eigenvalue weighted by Gasteiger charge is 2.23. The van der Waals surface area contributed by atoms with E-state index in [1.165, 1.54) is 5.69 Å². The average Bonchev–Trinajstić information content (AvgIpc) is 3.09. The van der Waals surface area contributed by atoms with Gasteiger partial charge >= 0.3 is 0 Å². The predicted octanol–water partition coefficient (Wildman–Crippen LogP) is 0.583. The topological polar surface area (TPSA) is 78.0 Å². The van der Waals surface area contributed by atoms with Crippen LogP contribution in [0, 0.1) is 0 Å². The average molecular weight is 347 g/mol. The van der Waals surface area contributed by atoms with E-state index < -0.39 is 0 Å². The molecule has 25 heavy (non-hydrogen) atoms. The third-order valence-corrected chi connectivity index (χ3v) is 4.00. The van der Waals surface area contributed by atoms with E-state index in [2.05, 4.69) is 50.1 Å². The molecule has 0 aliphatic carbocycles. The number of nitrogens with one attached hydrogen (secondary N) is 3. The van der Waals surface area contributed by atoms with Crippen LogP contribution in [0.2, 0.25) is 0 Å². The minimum absolute atomic E-state index is 0.105. The Hall–Kier alpha value is -2.28. The van der Waals surface area contributed by atoms with Crippen LogP contribution in [0.1, 0.15) is 13.3 Å². The Morgan fingerprint density at radius 2 is 2.12 bits per heavy atom. The summed E-state index contributed by atoms with van der Waals surface area (Å²) in [5.74, 6) is 0.580. The molecule has 0 saturated carbocycles. The molecule has 1 unspecified atom stereocenters. The van der Waals surface area contributed by atoms with Crippen molar-refractivity contribution in [2.45, 2.75) is 19.4 Å². The number of hydrogen-bond acceptors (Lipinski definition) is 4. The van der Waals surface area contributed by atoms with Gasteiger partial charge in [-0.15, -0.1) is 0 Å². The Balaban J connectivity index is 1.82. The SMILES string of the molecule is CCNC(=NCC(=O)NCCOC)NC1CCN(c2ccccc2)C1. The van der Waals surface area contributed by atoms with E-state index in [0.29, 0.717) is 25.2 Å². The van der Waals surface area contributed by atoms with Gasteiger partial charge in [0.15, 0.2) is 5.96 Å². The first-order valence-corrected chi connectivity index (χ1v) is 8.83. The maximum absolute atomic E-state index is 11.8. The van der Waals surface area contributed by atoms with E-state index in [1.54, 1.807) is 7.11 Å². The Kier molecular flexibility index (Phi) is 8.04. The fourth-order valence-corrected chi connectivity index (χ4v) is 2.76. The lowest BCUT2D eigenvalue weighted by atomic mass is 10.3. The molecule has 0 spiro atoms. The Bertz CT molecular complexity index is 550. The molecule has 1 aliphatic heterocycles. The lowest BCUT2D eigenvalue weighted by Gasteiger charge is -2.20. The van der Waals surface area contributed by atoms with E-state index in [-0.39, 0.29) is 12.5 Å². The summed E-state index contributed by atoms with van der Waals surface area (Å²) < 4.78 is 4.91. The maximum Gasteiger partial charge on any atom is 0.241 e. The summed E-state index contributed by atoms with van der Waals surface area (Å²) in [6, 6.07) is 10.7. The number of carbonyl (C=O) groups is 1. The van der Waals surface area contributed by atoms with E-state index in [9.17, 15) is 4.79 Å². The fraction of sp³-hybridized carbons (Fsp3) is 0.556. The van der Waals surface area contributed by atoms with Gasteiger partial charge in [-0.3, -0.25) is 4.79 Å². The van der Waals surface area contributed by atoms with Crippen LogP contribution in [0.3, 0.4) is 0 Å². The molecule has 2 rings (SSSR count). The van der Waals surface area contributed by atoms with Crippen LogP contribution in [0.25, 0.3) is 0 Å². The number of benzene rings is 1. The number of methoxy groups -OCH3 is 1. The van der Waals surface area contributed by atoms with Crippen LogP contribution in [0.4, 0.5) is 5.69 Å². The van der Waals surface area contributed by atoms with Gasteiger partial charge in [0.1, 0.15) is 6.54 Å². The number of amides is 1. The number of anilines is 1. The number of nitrogens with zero attached hydrogens (tertiary/aromatic N) is 2. The molecule has 138 valence electrons. The van der Waals surface area contributed by atoms with Crippen LogP contribution in [0.15, 0.2) is 35.3 Å². The minimum Gasteiger partial charge on any atom is -0.383 e. The highest BCUT2D eigenvalue weighted by atomic mass is 16.5. The Morgan fingerprint density at radius 1 is 1.32 bits per heavy atom. The summed E-state index contributed by atoms with van der Waals surface area (Å²) in [6.07, 6.45) is 1.04. The molecule has 1 aromatic rings. The Morgan fingerprint density at radius 3 is 2.84 bits per heavy atom. The normalized spacial score (nSPS) is 17.4. The Labute approximate surface area is 149 Å². The summed E-state index contributed by atoms with van der Waals surface area (Å²) in [5.41, 5.74) is 1.24. The number of hydrogen-bond donors (Lipinski definition) is 3. The number of carbonyl (C=O) groups excluding carboxylic acids is 1. The molecule has 1 fully saturated rings. The molecule has 0 aromatic heterocycles. The van der Waals surface area contributed by atoms with Crippen molar-refractivity contribution in [2.75, 3.05) is 51.3 Å². The van der Waals surface area contributed by atoms with Crippen molar-refractivity contribution >= 4 is 17.6 Å². The molecule has 1 aliphatic rings. The summed E-state index contributed by atoms with van der Waals surface area (Å²) in [4.78, 5) is 18.5. The van der Waals surface area contributed by atoms with Crippen LogP contribution in [-0.4, -0.2) is 64.3 Å². The van der Waals surface area contributed by atoms with Crippen molar-refractivity contribution < 1.29 is 9.53 Å². The first-order valence-electron chi connectivity index (χ1n) is 8.83. The second-order valence-corrected chi connectivity index (χ2v) is 5.95. The zero-order valence-electron chi connectivity index (χ0n) is 15.1. The summed E-state index contributed by atoms with van der Waals surface area (Å²) >= 11 is 0. The third-order valence-electron chi connectivity index (χ3n) is 4.00. The van der Waals surface area contributed by atoms with Crippen molar-refractivity contribution in [3.8, 4) is 0 Å². The second kappa shape index (κ2) is 10.6. The molecule has 0 radical (unpaired) electrons. The molecule has 7 heteroatoms. The van der Waals surface area contributed by atoms with Gasteiger partial charge in [-0.25, -0.2) is 4.99 Å². The minimum atomic E-state index is -0.105. The molecule has 7 nitrogen and oxygen atoms in total. The standard InChI is InChI=1S/C18H29N5O2/c1-3-19-18(21-13-17(24)20-10-12-25-2)22-15-9-11-23(14-15)16-7-5-4-6-8-16/h4-8,15H,3,9-14H2,1-2H3,(H,20,24)(H2,19,21,22). The number of guanidine groups is 1. The number of para-hydroxylation sites is 1. The van der Waals surface area contributed by atoms with Gasteiger partial charge in [0.05, 0.1) is 6.61 Å². The zero-order chi connectivity index (χ0) is 17.9. The molecular weight excluding hydrogens is 318 g/mol. The molecule has 1 saturated heterocycles. The molecule has 1 atom stereocenters. The van der Waals surface area contributed by atoms with Crippen molar-refractivity contribution in [1.29, 1.82) is 0 Å². The van der Waals surface area contributed by atoms with Gasteiger partial charge < -0.3 is 25.6 Å². The third kappa shape index (κ3) is 6.62. The largest absolute Gasteiger partial charge is 0.383 e. The monoisotopic (exact) mass is 347 g/mol. The number of rotatable bonds is 8. The molecule has 1 heterocycles. The van der Waals surface area contributed by atoms with E-state index >= 15 is 0 Å². The van der Waals surface area contributed by atoms with Crippen molar-refractivity contribution in [1.82, 2.24) is 16.0 Å². The van der Waals surface area contributed by atoms with Gasteiger partial charge in [-0.05, 0) is 25.5 Å². The number of ether oxygens (including phenoxy) is 1. The van der Waals surface area contributed by atoms with Gasteiger partial charge in [-0.1, -0.05) is 18.2 Å². The molecule has 1 amide bonds. The molecule has 1 aromatic carbocycles. The summed E-state index contributed by atoms with van der Waals surface area (Å²) in [7, 11) is 1.61. The van der Waals surface area contributed by atoms with Crippen LogP contribution in [0.5, 0.6) is 0 Å². The van der Waals surface area contributed by atoms with E-state index in [1.807, 2.05) is 13.0 Å². The van der Waals surface area contributed by atoms with Crippen molar-refractivity contribution in [3.05, 3.63) is 30.3 Å². The van der Waals surface area contributed by atoms with Crippen molar-refractivity contribution in [3.63, 3.8) is 0 Å². The molecular formula is C18H29N5O2. The quantitative estimate of drug-likeness (QED) is 0.364. The first-order chi connectivity index (χ1) is 12.2. The van der Waals surface area contributed by atoms with Crippen LogP contribution >= 0.6 is 0 Å². The van der Waals surface area contributed by atoms with Gasteiger partial charge in [0.25, 0.3) is 0 Å². The number of aliphatic imine (C=N–C) groups is 1. The van der Waals surface area contributed by atoms with E-state index in [4.69, 9.17) is 4.74 Å². The predicted molar refractivity (Wildman–Crippen MR) is 101 cm³/mol. The molecule has 3 N–H and O–H groups in total. The lowest BCUT2D eigenvalue weighted by molar-refractivity contribution is -0.119. The fourth-order valence-electron chi connectivity index (χ4n) is 2.76. The van der Waals surface area contributed by atoms with Gasteiger partial charge in [0.2, 0.25) is 5.91 Å². The summed E-state index contributed by atoms with van der Waals surface area (Å²) in [6.45, 7) is 5.82. The van der Waals surface area contributed by atoms with E-state index in [0.717, 1.165) is 26.1 Å². The summed E-state index contributed by atoms with van der Waals surface area (Å²) in [5, 5.41) is 9.40. The highest BCUT2D eigenvalue weighted by Crippen LogP contribution is 2.19. The molecule has 0 bridgehead atoms.